The number of hydrogen-bond donors (Lipinski definition) is 1. The van der Waals surface area contributed by atoms with E-state index in [0.717, 1.165) is 24.3 Å². The molecule has 0 aromatic heterocycles. The number of carboxylic acids is 1. The van der Waals surface area contributed by atoms with Crippen molar-refractivity contribution in [2.24, 2.45) is 5.92 Å². The average Bonchev–Trinajstić information content (AvgIpc) is 3.52. The third kappa shape index (κ3) is 4.48. The highest BCUT2D eigenvalue weighted by Gasteiger charge is 2.35. The summed E-state index contributed by atoms with van der Waals surface area (Å²) >= 11 is 0. The molecule has 27 heavy (non-hydrogen) atoms. The lowest BCUT2D eigenvalue weighted by Gasteiger charge is -2.30. The lowest BCUT2D eigenvalue weighted by Crippen LogP contribution is -2.40. The Kier molecular flexibility index (Phi) is 5.79. The molecule has 0 bridgehead atoms. The number of carbonyl (C=O) groups excluding carboxylic acids is 1. The molecule has 2 aromatic rings. The lowest BCUT2D eigenvalue weighted by atomic mass is 10.0. The molecule has 142 valence electrons. The van der Waals surface area contributed by atoms with Gasteiger partial charge in [-0.3, -0.25) is 4.79 Å². The minimum atomic E-state index is -0.962. The highest BCUT2D eigenvalue weighted by atomic mass is 16.5. The molecular weight excluding hydrogens is 342 g/mol. The van der Waals surface area contributed by atoms with Crippen molar-refractivity contribution >= 4 is 17.6 Å². The zero-order valence-corrected chi connectivity index (χ0v) is 15.7. The molecule has 3 rings (SSSR count). The van der Waals surface area contributed by atoms with Crippen molar-refractivity contribution in [2.75, 3.05) is 12.0 Å². The molecule has 1 unspecified atom stereocenters. The predicted octanol–water partition coefficient (Wildman–Crippen LogP) is 4.16. The Morgan fingerprint density at radius 2 is 1.81 bits per heavy atom. The van der Waals surface area contributed by atoms with Crippen LogP contribution in [0.15, 0.2) is 48.5 Å². The van der Waals surface area contributed by atoms with Crippen molar-refractivity contribution in [3.8, 4) is 5.75 Å². The van der Waals surface area contributed by atoms with E-state index in [4.69, 9.17) is 4.74 Å². The Labute approximate surface area is 159 Å². The summed E-state index contributed by atoms with van der Waals surface area (Å²) in [7, 11) is 1.62. The van der Waals surface area contributed by atoms with Crippen molar-refractivity contribution in [2.45, 2.75) is 38.6 Å². The number of anilines is 1. The normalized spacial score (nSPS) is 14.4. The summed E-state index contributed by atoms with van der Waals surface area (Å²) in [6.07, 6.45) is 2.96. The Balaban J connectivity index is 1.78. The van der Waals surface area contributed by atoms with E-state index in [1.807, 2.05) is 29.2 Å². The molecule has 1 amide bonds. The Hall–Kier alpha value is -2.82. The number of amides is 1. The van der Waals surface area contributed by atoms with Crippen LogP contribution in [0.2, 0.25) is 0 Å². The summed E-state index contributed by atoms with van der Waals surface area (Å²) in [5.41, 5.74) is 1.80. The molecule has 0 spiro atoms. The van der Waals surface area contributed by atoms with E-state index in [2.05, 4.69) is 6.92 Å². The number of benzene rings is 2. The Morgan fingerprint density at radius 3 is 2.41 bits per heavy atom. The van der Waals surface area contributed by atoms with Crippen LogP contribution in [0, 0.1) is 5.92 Å². The number of rotatable bonds is 8. The molecule has 0 aliphatic heterocycles. The van der Waals surface area contributed by atoms with Crippen LogP contribution in [0.1, 0.15) is 42.1 Å². The minimum absolute atomic E-state index is 0.0137. The van der Waals surface area contributed by atoms with Gasteiger partial charge in [-0.25, -0.2) is 4.79 Å². The number of methoxy groups -OCH3 is 1. The van der Waals surface area contributed by atoms with Gasteiger partial charge in [-0.2, -0.15) is 0 Å². The van der Waals surface area contributed by atoms with E-state index < -0.39 is 5.97 Å². The molecule has 0 radical (unpaired) electrons. The van der Waals surface area contributed by atoms with E-state index in [1.165, 1.54) is 0 Å². The van der Waals surface area contributed by atoms with Crippen LogP contribution in [0.5, 0.6) is 5.75 Å². The fourth-order valence-corrected chi connectivity index (χ4v) is 3.45. The largest absolute Gasteiger partial charge is 0.497 e. The van der Waals surface area contributed by atoms with Crippen LogP contribution in [0.3, 0.4) is 0 Å². The number of aryl methyl sites for hydroxylation is 1. The molecule has 5 heteroatoms. The second kappa shape index (κ2) is 8.25. The second-order valence-electron chi connectivity index (χ2n) is 7.00. The predicted molar refractivity (Wildman–Crippen MR) is 104 cm³/mol. The number of carbonyl (C=O) groups is 2. The summed E-state index contributed by atoms with van der Waals surface area (Å²) in [5, 5.41) is 9.33. The quantitative estimate of drug-likeness (QED) is 0.761. The van der Waals surface area contributed by atoms with Crippen LogP contribution in [0.25, 0.3) is 0 Å². The fourth-order valence-electron chi connectivity index (χ4n) is 3.45. The third-order valence-electron chi connectivity index (χ3n) is 5.19. The van der Waals surface area contributed by atoms with E-state index in [0.29, 0.717) is 17.9 Å². The van der Waals surface area contributed by atoms with E-state index >= 15 is 0 Å². The second-order valence-corrected chi connectivity index (χ2v) is 7.00. The van der Waals surface area contributed by atoms with Crippen LogP contribution in [-0.4, -0.2) is 30.1 Å². The molecule has 1 atom stereocenters. The summed E-state index contributed by atoms with van der Waals surface area (Å²) in [4.78, 5) is 26.3. The Morgan fingerprint density at radius 1 is 1.15 bits per heavy atom. The first kappa shape index (κ1) is 19.0. The van der Waals surface area contributed by atoms with E-state index in [9.17, 15) is 14.7 Å². The molecule has 1 saturated carbocycles. The number of ether oxygens (including phenoxy) is 1. The van der Waals surface area contributed by atoms with Gasteiger partial charge in [0.15, 0.2) is 0 Å². The van der Waals surface area contributed by atoms with Crippen molar-refractivity contribution < 1.29 is 19.4 Å². The van der Waals surface area contributed by atoms with Gasteiger partial charge in [0.25, 0.3) is 0 Å². The maximum atomic E-state index is 13.1. The van der Waals surface area contributed by atoms with E-state index in [-0.39, 0.29) is 23.9 Å². The van der Waals surface area contributed by atoms with Gasteiger partial charge in [-0.1, -0.05) is 18.2 Å². The van der Waals surface area contributed by atoms with Crippen molar-refractivity contribution in [1.29, 1.82) is 0 Å². The zero-order valence-electron chi connectivity index (χ0n) is 15.7. The highest BCUT2D eigenvalue weighted by Crippen LogP contribution is 2.37. The maximum absolute atomic E-state index is 13.1. The van der Waals surface area contributed by atoms with E-state index in [1.54, 1.807) is 31.4 Å². The minimum Gasteiger partial charge on any atom is -0.497 e. The summed E-state index contributed by atoms with van der Waals surface area (Å²) in [6.45, 7) is 2.09. The SMILES string of the molecule is COc1ccc(N(C(=O)CCc2ccccc2C(=O)O)C(C)C2CC2)cc1. The molecule has 0 saturated heterocycles. The van der Waals surface area contributed by atoms with Gasteiger partial charge < -0.3 is 14.7 Å². The molecule has 1 aliphatic rings. The van der Waals surface area contributed by atoms with Crippen molar-refractivity contribution in [1.82, 2.24) is 0 Å². The molecule has 1 aliphatic carbocycles. The number of aromatic carboxylic acids is 1. The average molecular weight is 367 g/mol. The first-order valence-electron chi connectivity index (χ1n) is 9.28. The van der Waals surface area contributed by atoms with Crippen LogP contribution < -0.4 is 9.64 Å². The molecule has 2 aromatic carbocycles. The van der Waals surface area contributed by atoms with Crippen molar-refractivity contribution in [3.63, 3.8) is 0 Å². The lowest BCUT2D eigenvalue weighted by molar-refractivity contribution is -0.119. The highest BCUT2D eigenvalue weighted by molar-refractivity contribution is 5.95. The van der Waals surface area contributed by atoms with Gasteiger partial charge in [-0.15, -0.1) is 0 Å². The van der Waals surface area contributed by atoms with Gasteiger partial charge in [0.1, 0.15) is 5.75 Å². The van der Waals surface area contributed by atoms with Crippen LogP contribution in [-0.2, 0) is 11.2 Å². The molecule has 1 N–H and O–H groups in total. The number of carboxylic acid groups (broad SMARTS) is 1. The van der Waals surface area contributed by atoms with Crippen LogP contribution in [0.4, 0.5) is 5.69 Å². The molecule has 5 nitrogen and oxygen atoms in total. The standard InChI is InChI=1S/C22H25NO4/c1-15(16-7-8-16)23(18-10-12-19(27-2)13-11-18)21(24)14-9-17-5-3-4-6-20(17)22(25)26/h3-6,10-13,15-16H,7-9,14H2,1-2H3,(H,25,26). The molecular formula is C22H25NO4. The molecule has 1 fully saturated rings. The fraction of sp³-hybridized carbons (Fsp3) is 0.364. The first-order valence-corrected chi connectivity index (χ1v) is 9.28. The smallest absolute Gasteiger partial charge is 0.335 e. The monoisotopic (exact) mass is 367 g/mol. The van der Waals surface area contributed by atoms with Gasteiger partial charge in [0, 0.05) is 18.2 Å². The zero-order chi connectivity index (χ0) is 19.4. The maximum Gasteiger partial charge on any atom is 0.335 e. The number of nitrogens with zero attached hydrogens (tertiary/aromatic N) is 1. The third-order valence-corrected chi connectivity index (χ3v) is 5.19. The Bertz CT molecular complexity index is 811. The van der Waals surface area contributed by atoms with Gasteiger partial charge in [0.05, 0.1) is 12.7 Å². The van der Waals surface area contributed by atoms with Crippen LogP contribution >= 0.6 is 0 Å². The summed E-state index contributed by atoms with van der Waals surface area (Å²) in [6, 6.07) is 14.5. The van der Waals surface area contributed by atoms with Gasteiger partial charge in [0.2, 0.25) is 5.91 Å². The summed E-state index contributed by atoms with van der Waals surface area (Å²) < 4.78 is 5.21. The summed E-state index contributed by atoms with van der Waals surface area (Å²) in [5.74, 6) is 0.333. The van der Waals surface area contributed by atoms with Crippen molar-refractivity contribution in [3.05, 3.63) is 59.7 Å². The van der Waals surface area contributed by atoms with Gasteiger partial charge in [-0.05, 0) is 68.0 Å². The topological polar surface area (TPSA) is 66.8 Å². The first-order chi connectivity index (χ1) is 13.0. The molecule has 0 heterocycles. The number of hydrogen-bond acceptors (Lipinski definition) is 3. The van der Waals surface area contributed by atoms with Gasteiger partial charge >= 0.3 is 5.97 Å².